The Kier molecular flexibility index (Phi) is 3.19. The molecule has 2 aromatic rings. The zero-order valence-corrected chi connectivity index (χ0v) is 10.3. The summed E-state index contributed by atoms with van der Waals surface area (Å²) in [7, 11) is 0. The fourth-order valence-corrected chi connectivity index (χ4v) is 2.17. The largest absolute Gasteiger partial charge is 0.375 e. The molecule has 0 spiro atoms. The van der Waals surface area contributed by atoms with E-state index in [-0.39, 0.29) is 0 Å². The Hall–Kier alpha value is -1.43. The number of rotatable bonds is 4. The Labute approximate surface area is 98.3 Å². The number of aromatic nitrogens is 4. The molecular weight excluding hydrogens is 222 g/mol. The fraction of sp³-hybridized carbons (Fsp3) is 0.500. The smallest absolute Gasteiger partial charge is 0.180 e. The number of aryl methyl sites for hydroxylation is 2. The van der Waals surface area contributed by atoms with Crippen LogP contribution in [0.2, 0.25) is 0 Å². The van der Waals surface area contributed by atoms with Crippen molar-refractivity contribution in [2.75, 3.05) is 5.73 Å². The van der Waals surface area contributed by atoms with Gasteiger partial charge in [-0.3, -0.25) is 0 Å². The minimum absolute atomic E-state index is 0.601. The molecule has 0 aliphatic carbocycles. The summed E-state index contributed by atoms with van der Waals surface area (Å²) in [5.74, 6) is 1.91. The van der Waals surface area contributed by atoms with Crippen LogP contribution in [-0.4, -0.2) is 19.7 Å². The van der Waals surface area contributed by atoms with Crippen LogP contribution in [0.1, 0.15) is 30.4 Å². The first-order valence-corrected chi connectivity index (χ1v) is 6.17. The molecule has 0 atom stereocenters. The molecule has 0 radical (unpaired) electrons. The number of hydrogen-bond acceptors (Lipinski definition) is 5. The molecule has 2 heterocycles. The van der Waals surface area contributed by atoms with Crippen molar-refractivity contribution in [1.82, 2.24) is 19.7 Å². The second-order valence-electron chi connectivity index (χ2n) is 3.47. The molecule has 0 unspecified atom stereocenters. The van der Waals surface area contributed by atoms with Crippen LogP contribution >= 0.6 is 11.3 Å². The number of nitrogen functional groups attached to an aromatic ring is 1. The van der Waals surface area contributed by atoms with Gasteiger partial charge in [-0.1, -0.05) is 13.8 Å². The molecule has 0 amide bonds. The normalized spacial score (nSPS) is 10.9. The van der Waals surface area contributed by atoms with Crippen LogP contribution in [0.5, 0.6) is 0 Å². The highest BCUT2D eigenvalue weighted by atomic mass is 32.1. The van der Waals surface area contributed by atoms with Crippen molar-refractivity contribution in [1.29, 1.82) is 0 Å². The van der Waals surface area contributed by atoms with Gasteiger partial charge < -0.3 is 5.73 Å². The molecule has 6 heteroatoms. The van der Waals surface area contributed by atoms with Gasteiger partial charge in [0.2, 0.25) is 0 Å². The summed E-state index contributed by atoms with van der Waals surface area (Å²) in [6.45, 7) is 4.86. The monoisotopic (exact) mass is 237 g/mol. The third-order valence-corrected chi connectivity index (χ3v) is 3.11. The number of hydrogen-bond donors (Lipinski definition) is 1. The average Bonchev–Trinajstić information content (AvgIpc) is 2.85. The maximum atomic E-state index is 5.60. The SMILES string of the molecule is CCc1nc(CC)n(Cc2cnc(N)s2)n1. The predicted octanol–water partition coefficient (Wildman–Crippen LogP) is 1.49. The summed E-state index contributed by atoms with van der Waals surface area (Å²) < 4.78 is 1.94. The second kappa shape index (κ2) is 4.61. The van der Waals surface area contributed by atoms with E-state index >= 15 is 0 Å². The zero-order chi connectivity index (χ0) is 11.5. The van der Waals surface area contributed by atoms with E-state index in [0.717, 1.165) is 29.4 Å². The Morgan fingerprint density at radius 2 is 2.19 bits per heavy atom. The first-order chi connectivity index (χ1) is 7.72. The molecule has 0 fully saturated rings. The third-order valence-electron chi connectivity index (χ3n) is 2.30. The fourth-order valence-electron chi connectivity index (χ4n) is 1.51. The summed E-state index contributed by atoms with van der Waals surface area (Å²) in [6, 6.07) is 0. The van der Waals surface area contributed by atoms with Crippen molar-refractivity contribution in [2.24, 2.45) is 0 Å². The van der Waals surface area contributed by atoms with E-state index in [2.05, 4.69) is 28.9 Å². The summed E-state index contributed by atoms with van der Waals surface area (Å²) in [5.41, 5.74) is 5.60. The Bertz CT molecular complexity index is 473. The minimum atomic E-state index is 0.601. The van der Waals surface area contributed by atoms with E-state index in [9.17, 15) is 0 Å². The highest BCUT2D eigenvalue weighted by molar-refractivity contribution is 7.15. The molecule has 2 aromatic heterocycles. The number of thiazole rings is 1. The van der Waals surface area contributed by atoms with Gasteiger partial charge in [-0.25, -0.2) is 14.6 Å². The summed E-state index contributed by atoms with van der Waals surface area (Å²) in [6.07, 6.45) is 3.55. The lowest BCUT2D eigenvalue weighted by atomic mass is 10.4. The average molecular weight is 237 g/mol. The lowest BCUT2D eigenvalue weighted by molar-refractivity contribution is 0.642. The van der Waals surface area contributed by atoms with E-state index in [1.54, 1.807) is 6.20 Å². The molecule has 86 valence electrons. The van der Waals surface area contributed by atoms with Crippen molar-refractivity contribution < 1.29 is 0 Å². The van der Waals surface area contributed by atoms with Gasteiger partial charge in [0.15, 0.2) is 11.0 Å². The molecule has 0 bridgehead atoms. The molecule has 2 rings (SSSR count). The van der Waals surface area contributed by atoms with Gasteiger partial charge in [0.25, 0.3) is 0 Å². The van der Waals surface area contributed by atoms with Crippen molar-refractivity contribution in [3.63, 3.8) is 0 Å². The van der Waals surface area contributed by atoms with Gasteiger partial charge in [0.1, 0.15) is 5.82 Å². The molecule has 0 saturated carbocycles. The van der Waals surface area contributed by atoms with Gasteiger partial charge in [0, 0.05) is 23.9 Å². The van der Waals surface area contributed by atoms with Crippen LogP contribution < -0.4 is 5.73 Å². The van der Waals surface area contributed by atoms with E-state index in [4.69, 9.17) is 5.73 Å². The van der Waals surface area contributed by atoms with Crippen LogP contribution in [0.25, 0.3) is 0 Å². The maximum absolute atomic E-state index is 5.60. The van der Waals surface area contributed by atoms with Crippen molar-refractivity contribution in [2.45, 2.75) is 33.2 Å². The minimum Gasteiger partial charge on any atom is -0.375 e. The standard InChI is InChI=1S/C10H15N5S/c1-3-8-13-9(4-2)15(14-8)6-7-5-12-10(11)16-7/h5H,3-4,6H2,1-2H3,(H2,11,12). The van der Waals surface area contributed by atoms with E-state index in [1.807, 2.05) is 4.68 Å². The second-order valence-corrected chi connectivity index (χ2v) is 4.62. The van der Waals surface area contributed by atoms with Crippen molar-refractivity contribution >= 4 is 16.5 Å². The van der Waals surface area contributed by atoms with Crippen LogP contribution in [0, 0.1) is 0 Å². The van der Waals surface area contributed by atoms with E-state index < -0.39 is 0 Å². The summed E-state index contributed by atoms with van der Waals surface area (Å²) in [5, 5.41) is 5.05. The summed E-state index contributed by atoms with van der Waals surface area (Å²) in [4.78, 5) is 9.60. The first-order valence-electron chi connectivity index (χ1n) is 5.35. The van der Waals surface area contributed by atoms with Crippen molar-refractivity contribution in [3.05, 3.63) is 22.7 Å². The molecule has 5 nitrogen and oxygen atoms in total. The van der Waals surface area contributed by atoms with Gasteiger partial charge in [-0.2, -0.15) is 5.10 Å². The molecule has 0 aliphatic rings. The van der Waals surface area contributed by atoms with Crippen LogP contribution in [0.15, 0.2) is 6.20 Å². The molecule has 2 N–H and O–H groups in total. The highest BCUT2D eigenvalue weighted by Gasteiger charge is 2.08. The lowest BCUT2D eigenvalue weighted by Crippen LogP contribution is -2.05. The predicted molar refractivity (Wildman–Crippen MR) is 64.4 cm³/mol. The topological polar surface area (TPSA) is 69.6 Å². The van der Waals surface area contributed by atoms with Crippen LogP contribution in [0.4, 0.5) is 5.13 Å². The number of nitrogens with two attached hydrogens (primary N) is 1. The maximum Gasteiger partial charge on any atom is 0.180 e. The van der Waals surface area contributed by atoms with Crippen LogP contribution in [0.3, 0.4) is 0 Å². The summed E-state index contributed by atoms with van der Waals surface area (Å²) >= 11 is 1.50. The molecule has 16 heavy (non-hydrogen) atoms. The Balaban J connectivity index is 2.22. The third kappa shape index (κ3) is 2.21. The van der Waals surface area contributed by atoms with Crippen molar-refractivity contribution in [3.8, 4) is 0 Å². The molecular formula is C10H15N5S. The number of nitrogens with zero attached hydrogens (tertiary/aromatic N) is 4. The molecule has 0 aromatic carbocycles. The zero-order valence-electron chi connectivity index (χ0n) is 9.47. The number of anilines is 1. The van der Waals surface area contributed by atoms with Gasteiger partial charge in [0.05, 0.1) is 6.54 Å². The van der Waals surface area contributed by atoms with Crippen LogP contribution in [-0.2, 0) is 19.4 Å². The quantitative estimate of drug-likeness (QED) is 0.874. The Morgan fingerprint density at radius 3 is 2.75 bits per heavy atom. The van der Waals surface area contributed by atoms with E-state index in [1.165, 1.54) is 11.3 Å². The first kappa shape index (κ1) is 11.1. The lowest BCUT2D eigenvalue weighted by Gasteiger charge is -2.00. The Morgan fingerprint density at radius 1 is 1.38 bits per heavy atom. The highest BCUT2D eigenvalue weighted by Crippen LogP contribution is 2.16. The van der Waals surface area contributed by atoms with E-state index in [0.29, 0.717) is 11.7 Å². The van der Waals surface area contributed by atoms with Gasteiger partial charge in [-0.05, 0) is 0 Å². The molecule has 0 aliphatic heterocycles. The van der Waals surface area contributed by atoms with Gasteiger partial charge in [-0.15, -0.1) is 11.3 Å². The van der Waals surface area contributed by atoms with Gasteiger partial charge >= 0.3 is 0 Å². The molecule has 0 saturated heterocycles.